The van der Waals surface area contributed by atoms with Gasteiger partial charge in [0.15, 0.2) is 23.2 Å². The first-order valence-electron chi connectivity index (χ1n) is 8.22. The second-order valence-electron chi connectivity index (χ2n) is 5.59. The van der Waals surface area contributed by atoms with Crippen LogP contribution in [0, 0.1) is 0 Å². The maximum atomic E-state index is 12.1. The van der Waals surface area contributed by atoms with Crippen LogP contribution in [0.4, 0.5) is 10.8 Å². The van der Waals surface area contributed by atoms with Crippen LogP contribution in [0.1, 0.15) is 47.5 Å². The number of Topliss-reactive ketones (excluding diaryl/α,β-unsaturated/α-hetero) is 1. The number of carbonyl (C=O) groups is 4. The number of rotatable bonds is 8. The molecule has 0 aliphatic heterocycles. The van der Waals surface area contributed by atoms with Gasteiger partial charge >= 0.3 is 5.97 Å². The molecule has 1 aromatic carbocycles. The molecule has 1 aromatic heterocycles. The number of nitrogens with one attached hydrogen (secondary N) is 2. The molecule has 1 heterocycles. The summed E-state index contributed by atoms with van der Waals surface area (Å²) in [7, 11) is 0. The first kappa shape index (κ1) is 20.2. The third-order valence-corrected chi connectivity index (χ3v) is 4.06. The summed E-state index contributed by atoms with van der Waals surface area (Å²) < 4.78 is 4.96. The summed E-state index contributed by atoms with van der Waals surface area (Å²) in [6.45, 7) is 2.81. The van der Waals surface area contributed by atoms with E-state index >= 15 is 0 Å². The summed E-state index contributed by atoms with van der Waals surface area (Å²) in [5, 5.41) is 6.90. The van der Waals surface area contributed by atoms with Crippen LogP contribution in [0.5, 0.6) is 0 Å². The number of ketones is 1. The van der Waals surface area contributed by atoms with E-state index in [1.807, 2.05) is 6.92 Å². The Morgan fingerprint density at radius 2 is 1.81 bits per heavy atom. The van der Waals surface area contributed by atoms with E-state index in [2.05, 4.69) is 15.6 Å². The molecule has 8 nitrogen and oxygen atoms in total. The molecule has 2 amide bonds. The zero-order valence-corrected chi connectivity index (χ0v) is 15.7. The second kappa shape index (κ2) is 9.58. The molecular weight excluding hydrogens is 370 g/mol. The van der Waals surface area contributed by atoms with Crippen molar-refractivity contribution in [1.29, 1.82) is 0 Å². The number of carbonyl (C=O) groups excluding carboxylic acids is 4. The van der Waals surface area contributed by atoms with Crippen LogP contribution in [0.3, 0.4) is 0 Å². The van der Waals surface area contributed by atoms with Crippen LogP contribution in [0.15, 0.2) is 29.6 Å². The molecule has 2 N–H and O–H groups in total. The monoisotopic (exact) mass is 389 g/mol. The fraction of sp³-hybridized carbons (Fsp3) is 0.278. The van der Waals surface area contributed by atoms with Crippen LogP contribution in [-0.2, 0) is 14.3 Å². The lowest BCUT2D eigenvalue weighted by molar-refractivity contribution is -0.116. The maximum absolute atomic E-state index is 12.1. The van der Waals surface area contributed by atoms with Gasteiger partial charge in [0.25, 0.3) is 0 Å². The van der Waals surface area contributed by atoms with Gasteiger partial charge in [0.2, 0.25) is 11.8 Å². The van der Waals surface area contributed by atoms with Gasteiger partial charge in [-0.1, -0.05) is 6.92 Å². The highest BCUT2D eigenvalue weighted by atomic mass is 32.1. The van der Waals surface area contributed by atoms with Gasteiger partial charge in [0, 0.05) is 30.0 Å². The molecule has 0 atom stereocenters. The van der Waals surface area contributed by atoms with Crippen LogP contribution in [0.25, 0.3) is 0 Å². The van der Waals surface area contributed by atoms with Gasteiger partial charge in [0.1, 0.15) is 0 Å². The molecule has 0 aliphatic rings. The number of thiazole rings is 1. The Hall–Kier alpha value is -3.07. The molecule has 0 fully saturated rings. The van der Waals surface area contributed by atoms with E-state index in [1.54, 1.807) is 24.3 Å². The topological polar surface area (TPSA) is 114 Å². The minimum atomic E-state index is -0.750. The Kier molecular flexibility index (Phi) is 7.18. The molecule has 0 radical (unpaired) electrons. The second-order valence-corrected chi connectivity index (χ2v) is 6.45. The Bertz CT molecular complexity index is 845. The normalized spacial score (nSPS) is 10.1. The third-order valence-electron chi connectivity index (χ3n) is 3.30. The Morgan fingerprint density at radius 3 is 2.44 bits per heavy atom. The fourth-order valence-electron chi connectivity index (χ4n) is 2.05. The molecule has 9 heteroatoms. The Balaban J connectivity index is 1.87. The lowest BCUT2D eigenvalue weighted by Gasteiger charge is -2.06. The molecule has 142 valence electrons. The highest BCUT2D eigenvalue weighted by Crippen LogP contribution is 2.16. The van der Waals surface area contributed by atoms with Crippen LogP contribution >= 0.6 is 11.3 Å². The van der Waals surface area contributed by atoms with Crippen molar-refractivity contribution < 1.29 is 23.9 Å². The number of anilines is 2. The first-order chi connectivity index (χ1) is 12.9. The summed E-state index contributed by atoms with van der Waals surface area (Å²) in [5.74, 6) is -1.52. The van der Waals surface area contributed by atoms with Crippen molar-refractivity contribution in [2.45, 2.75) is 26.7 Å². The number of nitrogens with zero attached hydrogens (tertiary/aromatic N) is 1. The zero-order chi connectivity index (χ0) is 19.8. The first-order valence-corrected chi connectivity index (χ1v) is 9.10. The minimum Gasteiger partial charge on any atom is -0.453 e. The lowest BCUT2D eigenvalue weighted by Crippen LogP contribution is -2.15. The highest BCUT2D eigenvalue weighted by molar-refractivity contribution is 7.14. The van der Waals surface area contributed by atoms with Gasteiger partial charge in [-0.05, 0) is 30.7 Å². The summed E-state index contributed by atoms with van der Waals surface area (Å²) in [6, 6.07) is 6.33. The Labute approximate surface area is 159 Å². The van der Waals surface area contributed by atoms with Crippen molar-refractivity contribution in [2.24, 2.45) is 0 Å². The number of hydrogen-bond donors (Lipinski definition) is 2. The molecule has 0 saturated heterocycles. The fourth-order valence-corrected chi connectivity index (χ4v) is 2.78. The number of aromatic nitrogens is 1. The molecule has 0 aliphatic carbocycles. The summed E-state index contributed by atoms with van der Waals surface area (Å²) >= 11 is 1.08. The number of esters is 1. The van der Waals surface area contributed by atoms with E-state index in [-0.39, 0.29) is 28.4 Å². The highest BCUT2D eigenvalue weighted by Gasteiger charge is 2.15. The summed E-state index contributed by atoms with van der Waals surface area (Å²) in [4.78, 5) is 50.5. The number of benzene rings is 1. The molecule has 2 aromatic rings. The van der Waals surface area contributed by atoms with E-state index < -0.39 is 12.6 Å². The predicted octanol–water partition coefficient (Wildman–Crippen LogP) is 2.88. The molecular formula is C18H19N3O5S. The van der Waals surface area contributed by atoms with E-state index in [0.717, 1.165) is 17.8 Å². The number of ether oxygens (including phenoxy) is 1. The molecule has 0 unspecified atom stereocenters. The van der Waals surface area contributed by atoms with Crippen LogP contribution in [-0.4, -0.2) is 35.2 Å². The number of hydrogen-bond acceptors (Lipinski definition) is 7. The van der Waals surface area contributed by atoms with Crippen molar-refractivity contribution in [3.05, 3.63) is 40.9 Å². The van der Waals surface area contributed by atoms with Crippen molar-refractivity contribution in [3.8, 4) is 0 Å². The van der Waals surface area contributed by atoms with Gasteiger partial charge in [-0.3, -0.25) is 14.4 Å². The summed E-state index contributed by atoms with van der Waals surface area (Å²) in [5.41, 5.74) is 0.967. The van der Waals surface area contributed by atoms with E-state index in [9.17, 15) is 19.2 Å². The van der Waals surface area contributed by atoms with E-state index in [1.165, 1.54) is 12.3 Å². The smallest absolute Gasteiger partial charge is 0.358 e. The summed E-state index contributed by atoms with van der Waals surface area (Å²) in [6.07, 6.45) is 1.18. The van der Waals surface area contributed by atoms with E-state index in [0.29, 0.717) is 17.7 Å². The molecule has 0 saturated carbocycles. The van der Waals surface area contributed by atoms with Crippen LogP contribution < -0.4 is 10.6 Å². The van der Waals surface area contributed by atoms with E-state index in [4.69, 9.17) is 4.74 Å². The van der Waals surface area contributed by atoms with Gasteiger partial charge in [-0.15, -0.1) is 11.3 Å². The lowest BCUT2D eigenvalue weighted by atomic mass is 10.1. The quantitative estimate of drug-likeness (QED) is 0.530. The SMILES string of the molecule is CCCC(=O)Nc1ccc(C(=O)COC(=O)c2csc(NC(C)=O)n2)cc1. The maximum Gasteiger partial charge on any atom is 0.358 e. The van der Waals surface area contributed by atoms with Crippen molar-refractivity contribution >= 4 is 45.7 Å². The average molecular weight is 389 g/mol. The van der Waals surface area contributed by atoms with Gasteiger partial charge < -0.3 is 15.4 Å². The minimum absolute atomic E-state index is 0.0190. The van der Waals surface area contributed by atoms with Crippen LogP contribution in [0.2, 0.25) is 0 Å². The van der Waals surface area contributed by atoms with Crippen molar-refractivity contribution in [3.63, 3.8) is 0 Å². The van der Waals surface area contributed by atoms with Gasteiger partial charge in [-0.2, -0.15) is 0 Å². The van der Waals surface area contributed by atoms with Crippen molar-refractivity contribution in [1.82, 2.24) is 4.98 Å². The molecule has 0 bridgehead atoms. The molecule has 27 heavy (non-hydrogen) atoms. The van der Waals surface area contributed by atoms with Gasteiger partial charge in [0.05, 0.1) is 0 Å². The molecule has 2 rings (SSSR count). The average Bonchev–Trinajstić information content (AvgIpc) is 3.08. The van der Waals surface area contributed by atoms with Crippen molar-refractivity contribution in [2.75, 3.05) is 17.2 Å². The largest absolute Gasteiger partial charge is 0.453 e. The predicted molar refractivity (Wildman–Crippen MR) is 101 cm³/mol. The third kappa shape index (κ3) is 6.30. The standard InChI is InChI=1S/C18H19N3O5S/c1-3-4-16(24)20-13-7-5-12(6-8-13)15(23)9-26-17(25)14-10-27-18(21-14)19-11(2)22/h5-8,10H,3-4,9H2,1-2H3,(H,20,24)(H,19,21,22). The molecule has 0 spiro atoms. The number of amides is 2. The Morgan fingerprint density at radius 1 is 1.11 bits per heavy atom. The van der Waals surface area contributed by atoms with Gasteiger partial charge in [-0.25, -0.2) is 9.78 Å². The zero-order valence-electron chi connectivity index (χ0n) is 14.9.